The first-order valence-corrected chi connectivity index (χ1v) is 6.57. The van der Waals surface area contributed by atoms with E-state index in [9.17, 15) is 4.79 Å². The van der Waals surface area contributed by atoms with Crippen molar-refractivity contribution in [3.8, 4) is 6.07 Å². The van der Waals surface area contributed by atoms with E-state index >= 15 is 0 Å². The highest BCUT2D eigenvalue weighted by Gasteiger charge is 2.19. The Morgan fingerprint density at radius 3 is 2.35 bits per heavy atom. The van der Waals surface area contributed by atoms with Gasteiger partial charge in [-0.25, -0.2) is 0 Å². The molecule has 0 aromatic heterocycles. The number of carboxylic acids is 1. The summed E-state index contributed by atoms with van der Waals surface area (Å²) in [7, 11) is 0. The monoisotopic (exact) mass is 238 g/mol. The van der Waals surface area contributed by atoms with Crippen LogP contribution < -0.4 is 0 Å². The van der Waals surface area contributed by atoms with E-state index in [2.05, 4.69) is 11.0 Å². The molecule has 0 amide bonds. The van der Waals surface area contributed by atoms with Crippen LogP contribution in [-0.2, 0) is 4.79 Å². The fraction of sp³-hybridized carbons (Fsp3) is 0.846. The first-order valence-electron chi connectivity index (χ1n) is 6.57. The van der Waals surface area contributed by atoms with E-state index in [1.807, 2.05) is 0 Å². The van der Waals surface area contributed by atoms with Gasteiger partial charge in [-0.3, -0.25) is 9.69 Å². The van der Waals surface area contributed by atoms with Crippen molar-refractivity contribution < 1.29 is 9.90 Å². The van der Waals surface area contributed by atoms with Crippen LogP contribution in [0.4, 0.5) is 0 Å². The van der Waals surface area contributed by atoms with Gasteiger partial charge in [0.05, 0.1) is 19.0 Å². The van der Waals surface area contributed by atoms with Gasteiger partial charge in [-0.1, -0.05) is 32.1 Å². The summed E-state index contributed by atoms with van der Waals surface area (Å²) < 4.78 is 0. The number of carboxylic acid groups (broad SMARTS) is 1. The zero-order valence-electron chi connectivity index (χ0n) is 10.4. The second-order valence-corrected chi connectivity index (χ2v) is 4.77. The molecule has 96 valence electrons. The SMILES string of the molecule is N#CCN(CCC(=O)O)C1CCCCCCC1. The van der Waals surface area contributed by atoms with Crippen LogP contribution in [0.25, 0.3) is 0 Å². The molecule has 1 aliphatic carbocycles. The molecular formula is C13H22N2O2. The fourth-order valence-corrected chi connectivity index (χ4v) is 2.52. The van der Waals surface area contributed by atoms with Crippen molar-refractivity contribution in [2.24, 2.45) is 0 Å². The van der Waals surface area contributed by atoms with E-state index in [-0.39, 0.29) is 6.42 Å². The fourth-order valence-electron chi connectivity index (χ4n) is 2.52. The molecule has 1 fully saturated rings. The van der Waals surface area contributed by atoms with Gasteiger partial charge < -0.3 is 5.11 Å². The van der Waals surface area contributed by atoms with Crippen LogP contribution >= 0.6 is 0 Å². The van der Waals surface area contributed by atoms with E-state index < -0.39 is 5.97 Å². The summed E-state index contributed by atoms with van der Waals surface area (Å²) in [6, 6.07) is 2.57. The number of hydrogen-bond acceptors (Lipinski definition) is 3. The molecule has 0 saturated heterocycles. The topological polar surface area (TPSA) is 64.3 Å². The third-order valence-corrected chi connectivity index (χ3v) is 3.48. The zero-order chi connectivity index (χ0) is 12.5. The van der Waals surface area contributed by atoms with Crippen molar-refractivity contribution in [1.82, 2.24) is 4.90 Å². The molecule has 4 nitrogen and oxygen atoms in total. The summed E-state index contributed by atoms with van der Waals surface area (Å²) in [6.45, 7) is 0.867. The minimum absolute atomic E-state index is 0.137. The predicted molar refractivity (Wildman–Crippen MR) is 65.5 cm³/mol. The Balaban J connectivity index is 2.47. The van der Waals surface area contributed by atoms with Crippen LogP contribution in [0.3, 0.4) is 0 Å². The highest BCUT2D eigenvalue weighted by atomic mass is 16.4. The summed E-state index contributed by atoms with van der Waals surface area (Å²) in [5.41, 5.74) is 0. The van der Waals surface area contributed by atoms with Crippen molar-refractivity contribution in [3.05, 3.63) is 0 Å². The van der Waals surface area contributed by atoms with Crippen LogP contribution in [0.2, 0.25) is 0 Å². The van der Waals surface area contributed by atoms with Gasteiger partial charge in [0.15, 0.2) is 0 Å². The quantitative estimate of drug-likeness (QED) is 0.747. The lowest BCUT2D eigenvalue weighted by molar-refractivity contribution is -0.137. The van der Waals surface area contributed by atoms with Gasteiger partial charge in [-0.05, 0) is 12.8 Å². The van der Waals surface area contributed by atoms with E-state index in [1.165, 1.54) is 32.1 Å². The molecule has 0 spiro atoms. The van der Waals surface area contributed by atoms with Crippen molar-refractivity contribution in [2.45, 2.75) is 57.4 Å². The Kier molecular flexibility index (Phi) is 6.64. The van der Waals surface area contributed by atoms with Crippen LogP contribution in [0, 0.1) is 11.3 Å². The van der Waals surface area contributed by atoms with E-state index in [4.69, 9.17) is 10.4 Å². The smallest absolute Gasteiger partial charge is 0.304 e. The largest absolute Gasteiger partial charge is 0.481 e. The first-order chi connectivity index (χ1) is 8.24. The normalized spacial score (nSPS) is 18.4. The van der Waals surface area contributed by atoms with Crippen LogP contribution in [0.15, 0.2) is 0 Å². The molecular weight excluding hydrogens is 216 g/mol. The summed E-state index contributed by atoms with van der Waals surface area (Å²) in [5, 5.41) is 17.5. The average Bonchev–Trinajstić information content (AvgIpc) is 2.24. The van der Waals surface area contributed by atoms with Crippen molar-refractivity contribution in [3.63, 3.8) is 0 Å². The summed E-state index contributed by atoms with van der Waals surface area (Å²) in [5.74, 6) is -0.779. The molecule has 0 bridgehead atoms. The molecule has 0 unspecified atom stereocenters. The molecule has 0 heterocycles. The first kappa shape index (κ1) is 14.0. The van der Waals surface area contributed by atoms with Crippen molar-refractivity contribution in [2.75, 3.05) is 13.1 Å². The Bertz CT molecular complexity index is 265. The predicted octanol–water partition coefficient (Wildman–Crippen LogP) is 2.40. The number of aliphatic carboxylic acids is 1. The molecule has 0 radical (unpaired) electrons. The number of nitrogens with zero attached hydrogens (tertiary/aromatic N) is 2. The van der Waals surface area contributed by atoms with Gasteiger partial charge in [0.1, 0.15) is 0 Å². The zero-order valence-corrected chi connectivity index (χ0v) is 10.4. The standard InChI is InChI=1S/C13H22N2O2/c14-9-11-15(10-8-13(16)17)12-6-4-2-1-3-5-7-12/h12H,1-8,10-11H2,(H,16,17). The highest BCUT2D eigenvalue weighted by molar-refractivity contribution is 5.66. The molecule has 0 aromatic rings. The molecule has 0 atom stereocenters. The number of nitriles is 1. The van der Waals surface area contributed by atoms with Gasteiger partial charge in [-0.15, -0.1) is 0 Å². The summed E-state index contributed by atoms with van der Waals surface area (Å²) in [4.78, 5) is 12.7. The Labute approximate surface area is 103 Å². The van der Waals surface area contributed by atoms with E-state index in [1.54, 1.807) is 0 Å². The highest BCUT2D eigenvalue weighted by Crippen LogP contribution is 2.21. The molecule has 1 aliphatic rings. The Morgan fingerprint density at radius 2 is 1.82 bits per heavy atom. The summed E-state index contributed by atoms with van der Waals surface area (Å²) in [6.07, 6.45) is 8.64. The summed E-state index contributed by atoms with van der Waals surface area (Å²) >= 11 is 0. The lowest BCUT2D eigenvalue weighted by Crippen LogP contribution is -2.37. The molecule has 4 heteroatoms. The van der Waals surface area contributed by atoms with Crippen molar-refractivity contribution >= 4 is 5.97 Å². The van der Waals surface area contributed by atoms with Crippen LogP contribution in [-0.4, -0.2) is 35.1 Å². The van der Waals surface area contributed by atoms with Gasteiger partial charge in [0.2, 0.25) is 0 Å². The maximum Gasteiger partial charge on any atom is 0.304 e. The van der Waals surface area contributed by atoms with Gasteiger partial charge in [0.25, 0.3) is 0 Å². The Hall–Kier alpha value is -1.08. The van der Waals surface area contributed by atoms with Gasteiger partial charge in [-0.2, -0.15) is 5.26 Å². The third-order valence-electron chi connectivity index (χ3n) is 3.48. The maximum absolute atomic E-state index is 10.6. The Morgan fingerprint density at radius 1 is 1.24 bits per heavy atom. The average molecular weight is 238 g/mol. The van der Waals surface area contributed by atoms with Gasteiger partial charge >= 0.3 is 5.97 Å². The van der Waals surface area contributed by atoms with Crippen LogP contribution in [0.5, 0.6) is 0 Å². The minimum atomic E-state index is -0.779. The minimum Gasteiger partial charge on any atom is -0.481 e. The second kappa shape index (κ2) is 8.08. The van der Waals surface area contributed by atoms with Crippen LogP contribution in [0.1, 0.15) is 51.4 Å². The molecule has 17 heavy (non-hydrogen) atoms. The van der Waals surface area contributed by atoms with E-state index in [0.29, 0.717) is 19.1 Å². The lowest BCUT2D eigenvalue weighted by Gasteiger charge is -2.30. The second-order valence-electron chi connectivity index (χ2n) is 4.77. The number of carbonyl (C=O) groups is 1. The molecule has 1 saturated carbocycles. The number of rotatable bonds is 5. The third kappa shape index (κ3) is 5.69. The van der Waals surface area contributed by atoms with E-state index in [0.717, 1.165) is 12.8 Å². The van der Waals surface area contributed by atoms with Gasteiger partial charge in [0, 0.05) is 12.6 Å². The molecule has 0 aliphatic heterocycles. The molecule has 0 aromatic carbocycles. The number of hydrogen-bond donors (Lipinski definition) is 1. The van der Waals surface area contributed by atoms with Crippen molar-refractivity contribution in [1.29, 1.82) is 5.26 Å². The lowest BCUT2D eigenvalue weighted by atomic mass is 9.95. The molecule has 1 N–H and O–H groups in total. The maximum atomic E-state index is 10.6. The molecule has 1 rings (SSSR count).